The van der Waals surface area contributed by atoms with Crippen LogP contribution in [-0.4, -0.2) is 15.9 Å². The molecule has 5 nitrogen and oxygen atoms in total. The molecule has 1 aliphatic carbocycles. The van der Waals surface area contributed by atoms with E-state index in [1.807, 2.05) is 25.1 Å². The van der Waals surface area contributed by atoms with E-state index in [2.05, 4.69) is 15.3 Å². The molecule has 0 saturated carbocycles. The number of rotatable bonds is 2. The molecule has 10 heteroatoms. The van der Waals surface area contributed by atoms with Crippen LogP contribution in [0.1, 0.15) is 44.9 Å². The molecule has 5 rings (SSSR count). The number of nitrogens with one attached hydrogen (secondary N) is 1. The molecule has 3 N–H and O–H groups in total. The van der Waals surface area contributed by atoms with Crippen molar-refractivity contribution in [1.29, 1.82) is 0 Å². The molecule has 1 aliphatic rings. The highest BCUT2D eigenvalue weighted by Gasteiger charge is 2.40. The normalized spacial score (nSPS) is 14.2. The number of benzene rings is 1. The van der Waals surface area contributed by atoms with Crippen LogP contribution in [0.25, 0.3) is 20.4 Å². The zero-order valence-electron chi connectivity index (χ0n) is 16.4. The van der Waals surface area contributed by atoms with Crippen LogP contribution in [0, 0.1) is 6.92 Å². The molecule has 4 aromatic rings. The van der Waals surface area contributed by atoms with Gasteiger partial charge >= 0.3 is 6.18 Å². The van der Waals surface area contributed by atoms with Crippen molar-refractivity contribution in [3.63, 3.8) is 0 Å². The number of amides is 1. The summed E-state index contributed by atoms with van der Waals surface area (Å²) in [5, 5.41) is 2.90. The number of hydrogen-bond acceptors (Lipinski definition) is 6. The van der Waals surface area contributed by atoms with Gasteiger partial charge in [-0.05, 0) is 49.8 Å². The van der Waals surface area contributed by atoms with Crippen LogP contribution in [-0.2, 0) is 19.0 Å². The maximum absolute atomic E-state index is 14.0. The van der Waals surface area contributed by atoms with Crippen molar-refractivity contribution >= 4 is 59.8 Å². The molecule has 0 fully saturated rings. The Morgan fingerprint density at radius 1 is 1.16 bits per heavy atom. The average molecular weight is 463 g/mol. The zero-order valence-corrected chi connectivity index (χ0v) is 18.0. The first-order valence-corrected chi connectivity index (χ1v) is 11.4. The number of carbonyl (C=O) groups excluding carboxylic acids is 1. The van der Waals surface area contributed by atoms with E-state index in [1.54, 1.807) is 0 Å². The van der Waals surface area contributed by atoms with Gasteiger partial charge in [0.15, 0.2) is 5.13 Å². The van der Waals surface area contributed by atoms with Gasteiger partial charge < -0.3 is 5.73 Å². The van der Waals surface area contributed by atoms with Crippen molar-refractivity contribution in [3.05, 3.63) is 45.5 Å². The number of carbonyl (C=O) groups is 1. The van der Waals surface area contributed by atoms with Gasteiger partial charge in [0.05, 0.1) is 21.5 Å². The lowest BCUT2D eigenvalue weighted by molar-refractivity contribution is -0.137. The number of aryl methyl sites for hydroxylation is 2. The summed E-state index contributed by atoms with van der Waals surface area (Å²) in [6.45, 7) is 1.92. The second kappa shape index (κ2) is 7.16. The molecule has 0 radical (unpaired) electrons. The highest BCUT2D eigenvalue weighted by atomic mass is 32.1. The van der Waals surface area contributed by atoms with E-state index in [9.17, 15) is 18.0 Å². The van der Waals surface area contributed by atoms with Crippen LogP contribution >= 0.6 is 22.7 Å². The molecular weight excluding hydrogens is 445 g/mol. The summed E-state index contributed by atoms with van der Waals surface area (Å²) in [5.74, 6) is -0.580. The molecule has 0 bridgehead atoms. The van der Waals surface area contributed by atoms with Gasteiger partial charge in [-0.25, -0.2) is 9.97 Å². The van der Waals surface area contributed by atoms with Crippen molar-refractivity contribution < 1.29 is 18.0 Å². The number of thiophene rings is 1. The van der Waals surface area contributed by atoms with E-state index in [0.717, 1.165) is 33.5 Å². The summed E-state index contributed by atoms with van der Waals surface area (Å²) >= 11 is 2.19. The van der Waals surface area contributed by atoms with E-state index in [4.69, 9.17) is 5.73 Å². The fraction of sp³-hybridized carbons (Fsp3) is 0.286. The van der Waals surface area contributed by atoms with Gasteiger partial charge in [-0.1, -0.05) is 23.5 Å². The Morgan fingerprint density at radius 2 is 1.94 bits per heavy atom. The highest BCUT2D eigenvalue weighted by molar-refractivity contribution is 7.23. The molecule has 1 amide bonds. The Labute approximate surface area is 183 Å². The van der Waals surface area contributed by atoms with Gasteiger partial charge in [-0.15, -0.1) is 11.3 Å². The lowest BCUT2D eigenvalue weighted by atomic mass is 9.90. The van der Waals surface area contributed by atoms with Crippen LogP contribution < -0.4 is 11.1 Å². The van der Waals surface area contributed by atoms with Gasteiger partial charge in [-0.3, -0.25) is 10.1 Å². The third-order valence-corrected chi connectivity index (χ3v) is 7.52. The molecule has 0 unspecified atom stereocenters. The van der Waals surface area contributed by atoms with Crippen LogP contribution in [0.5, 0.6) is 0 Å². The number of halogens is 3. The van der Waals surface area contributed by atoms with Crippen molar-refractivity contribution in [1.82, 2.24) is 9.97 Å². The highest BCUT2D eigenvalue weighted by Crippen LogP contribution is 2.46. The number of nitrogens with zero attached hydrogens (tertiary/aromatic N) is 2. The molecular formula is C21H17F3N4OS2. The SMILES string of the molecule is Cc1cccc2sc(NC(=O)c3sc4nc5c(c(C(F)(F)F)c4c3N)CCCC5)nc12. The molecule has 31 heavy (non-hydrogen) atoms. The molecule has 0 spiro atoms. The quantitative estimate of drug-likeness (QED) is 0.386. The Balaban J connectivity index is 1.60. The van der Waals surface area contributed by atoms with E-state index in [-0.39, 0.29) is 26.3 Å². The van der Waals surface area contributed by atoms with Crippen molar-refractivity contribution in [2.24, 2.45) is 0 Å². The zero-order chi connectivity index (χ0) is 21.9. The summed E-state index contributed by atoms with van der Waals surface area (Å²) in [7, 11) is 0. The van der Waals surface area contributed by atoms with Gasteiger partial charge in [0.2, 0.25) is 0 Å². The molecule has 0 saturated heterocycles. The third kappa shape index (κ3) is 3.34. The number of nitrogen functional groups attached to an aromatic ring is 1. The summed E-state index contributed by atoms with van der Waals surface area (Å²) < 4.78 is 42.9. The second-order valence-corrected chi connectivity index (χ2v) is 9.57. The maximum atomic E-state index is 14.0. The number of para-hydroxylation sites is 1. The standard InChI is InChI=1S/C21H17F3N4OS2/c1-9-5-4-8-12-16(9)27-20(30-12)28-18(29)17-15(25)13-14(21(22,23)24)10-6-2-3-7-11(10)26-19(13)31-17/h4-5,8H,2-3,6-7,25H2,1H3,(H,27,28,29). The van der Waals surface area contributed by atoms with E-state index in [1.165, 1.54) is 11.3 Å². The minimum Gasteiger partial charge on any atom is -0.397 e. The van der Waals surface area contributed by atoms with Crippen LogP contribution in [0.2, 0.25) is 0 Å². The predicted molar refractivity (Wildman–Crippen MR) is 118 cm³/mol. The molecule has 0 atom stereocenters. The number of pyridine rings is 1. The maximum Gasteiger partial charge on any atom is 0.417 e. The fourth-order valence-electron chi connectivity index (χ4n) is 4.08. The minimum atomic E-state index is -4.57. The Bertz CT molecular complexity index is 1360. The van der Waals surface area contributed by atoms with E-state index < -0.39 is 17.6 Å². The Kier molecular flexibility index (Phi) is 4.67. The van der Waals surface area contributed by atoms with E-state index >= 15 is 0 Å². The number of hydrogen-bond donors (Lipinski definition) is 2. The number of aromatic nitrogens is 2. The lowest BCUT2D eigenvalue weighted by Gasteiger charge is -2.21. The van der Waals surface area contributed by atoms with Crippen molar-refractivity contribution in [2.75, 3.05) is 11.1 Å². The predicted octanol–water partition coefficient (Wildman–Crippen LogP) is 5.95. The van der Waals surface area contributed by atoms with E-state index in [0.29, 0.717) is 30.1 Å². The lowest BCUT2D eigenvalue weighted by Crippen LogP contribution is -2.17. The second-order valence-electron chi connectivity index (χ2n) is 7.54. The summed E-state index contributed by atoms with van der Waals surface area (Å²) in [4.78, 5) is 22.0. The fourth-order valence-corrected chi connectivity index (χ4v) is 6.04. The summed E-state index contributed by atoms with van der Waals surface area (Å²) in [5.41, 5.74) is 7.62. The summed E-state index contributed by atoms with van der Waals surface area (Å²) in [6.07, 6.45) is -2.28. The molecule has 160 valence electrons. The van der Waals surface area contributed by atoms with Crippen LogP contribution in [0.3, 0.4) is 0 Å². The van der Waals surface area contributed by atoms with Crippen LogP contribution in [0.15, 0.2) is 18.2 Å². The molecule has 3 aromatic heterocycles. The van der Waals surface area contributed by atoms with Gasteiger partial charge in [0, 0.05) is 11.1 Å². The number of fused-ring (bicyclic) bond motifs is 3. The Morgan fingerprint density at radius 3 is 2.68 bits per heavy atom. The van der Waals surface area contributed by atoms with Crippen molar-refractivity contribution in [2.45, 2.75) is 38.8 Å². The first-order chi connectivity index (χ1) is 14.7. The minimum absolute atomic E-state index is 0.0197. The third-order valence-electron chi connectivity index (χ3n) is 5.48. The first-order valence-electron chi connectivity index (χ1n) is 9.72. The Hall–Kier alpha value is -2.72. The smallest absolute Gasteiger partial charge is 0.397 e. The van der Waals surface area contributed by atoms with Crippen LogP contribution in [0.4, 0.5) is 24.0 Å². The van der Waals surface area contributed by atoms with Crippen molar-refractivity contribution in [3.8, 4) is 0 Å². The average Bonchev–Trinajstić information content (AvgIpc) is 3.27. The molecule has 3 heterocycles. The molecule has 0 aliphatic heterocycles. The molecule has 1 aromatic carbocycles. The largest absolute Gasteiger partial charge is 0.417 e. The number of thiazole rings is 1. The number of anilines is 2. The summed E-state index contributed by atoms with van der Waals surface area (Å²) in [6, 6.07) is 5.72. The number of alkyl halides is 3. The number of nitrogens with two attached hydrogens (primary N) is 1. The first kappa shape index (κ1) is 20.2. The van der Waals surface area contributed by atoms with Gasteiger partial charge in [-0.2, -0.15) is 13.2 Å². The topological polar surface area (TPSA) is 80.9 Å². The van der Waals surface area contributed by atoms with Gasteiger partial charge in [0.25, 0.3) is 5.91 Å². The monoisotopic (exact) mass is 462 g/mol. The van der Waals surface area contributed by atoms with Gasteiger partial charge in [0.1, 0.15) is 9.71 Å².